The molecule has 0 saturated carbocycles. The third kappa shape index (κ3) is 3.51. The maximum Gasteiger partial charge on any atom is 0.343 e. The minimum absolute atomic E-state index is 0.190. The molecule has 27 heavy (non-hydrogen) atoms. The van der Waals surface area contributed by atoms with Gasteiger partial charge >= 0.3 is 5.97 Å². The summed E-state index contributed by atoms with van der Waals surface area (Å²) in [6.45, 7) is 1.95. The summed E-state index contributed by atoms with van der Waals surface area (Å²) in [5, 5.41) is 0. The van der Waals surface area contributed by atoms with Gasteiger partial charge in [-0.15, -0.1) is 0 Å². The second-order valence-corrected chi connectivity index (χ2v) is 6.26. The fraction of sp³-hybridized carbons (Fsp3) is 0.0435. The summed E-state index contributed by atoms with van der Waals surface area (Å²) in [5.41, 5.74) is 2.85. The van der Waals surface area contributed by atoms with Crippen LogP contribution in [-0.2, 0) is 0 Å². The zero-order valence-electron chi connectivity index (χ0n) is 14.6. The van der Waals surface area contributed by atoms with Crippen LogP contribution in [0, 0.1) is 6.92 Å². The molecule has 0 bridgehead atoms. The van der Waals surface area contributed by atoms with Crippen LogP contribution in [0.5, 0.6) is 11.5 Å². The first-order valence-electron chi connectivity index (χ1n) is 8.52. The summed E-state index contributed by atoms with van der Waals surface area (Å²) in [7, 11) is 0. The standard InChI is InChI=1S/C23H16O4/c1-15-7-9-17(10-8-15)23(25)26-18-11-12-19-20(14-18)27-21(22(19)24)13-16-5-3-2-4-6-16/h2-14H,1H3/b21-13-. The van der Waals surface area contributed by atoms with Crippen molar-refractivity contribution in [3.8, 4) is 11.5 Å². The molecule has 1 heterocycles. The number of carbonyl (C=O) groups excluding carboxylic acids is 2. The predicted molar refractivity (Wildman–Crippen MR) is 102 cm³/mol. The van der Waals surface area contributed by atoms with Gasteiger partial charge in [-0.25, -0.2) is 4.79 Å². The van der Waals surface area contributed by atoms with Crippen LogP contribution >= 0.6 is 0 Å². The summed E-state index contributed by atoms with van der Waals surface area (Å²) < 4.78 is 11.1. The predicted octanol–water partition coefficient (Wildman–Crippen LogP) is 4.83. The molecule has 0 aliphatic carbocycles. The Bertz CT molecular complexity index is 1050. The van der Waals surface area contributed by atoms with Crippen molar-refractivity contribution in [3.63, 3.8) is 0 Å². The Morgan fingerprint density at radius 2 is 1.70 bits per heavy atom. The molecule has 0 fully saturated rings. The minimum Gasteiger partial charge on any atom is -0.452 e. The SMILES string of the molecule is Cc1ccc(C(=O)Oc2ccc3c(c2)O/C(=C\c2ccccc2)C3=O)cc1. The maximum absolute atomic E-state index is 12.5. The number of fused-ring (bicyclic) bond motifs is 1. The molecule has 0 aromatic heterocycles. The van der Waals surface area contributed by atoms with E-state index >= 15 is 0 Å². The molecule has 4 nitrogen and oxygen atoms in total. The second-order valence-electron chi connectivity index (χ2n) is 6.26. The Labute approximate surface area is 156 Å². The number of hydrogen-bond donors (Lipinski definition) is 0. The van der Waals surface area contributed by atoms with Crippen LogP contribution in [0.15, 0.2) is 78.6 Å². The van der Waals surface area contributed by atoms with Crippen LogP contribution in [0.4, 0.5) is 0 Å². The summed E-state index contributed by atoms with van der Waals surface area (Å²) in [6, 6.07) is 21.4. The zero-order valence-corrected chi connectivity index (χ0v) is 14.6. The summed E-state index contributed by atoms with van der Waals surface area (Å²) in [4.78, 5) is 24.7. The van der Waals surface area contributed by atoms with Gasteiger partial charge in [0.2, 0.25) is 5.78 Å². The Morgan fingerprint density at radius 1 is 0.963 bits per heavy atom. The summed E-state index contributed by atoms with van der Waals surface area (Å²) in [6.07, 6.45) is 1.69. The number of carbonyl (C=O) groups is 2. The van der Waals surface area contributed by atoms with E-state index < -0.39 is 5.97 Å². The number of Topliss-reactive ketones (excluding diaryl/α,β-unsaturated/α-hetero) is 1. The molecule has 0 amide bonds. The average Bonchev–Trinajstić information content (AvgIpc) is 2.98. The van der Waals surface area contributed by atoms with Gasteiger partial charge in [-0.2, -0.15) is 0 Å². The Balaban J connectivity index is 1.55. The van der Waals surface area contributed by atoms with Gasteiger partial charge in [-0.3, -0.25) is 4.79 Å². The highest BCUT2D eigenvalue weighted by Crippen LogP contribution is 2.35. The van der Waals surface area contributed by atoms with Gasteiger partial charge in [0.25, 0.3) is 0 Å². The summed E-state index contributed by atoms with van der Waals surface area (Å²) >= 11 is 0. The summed E-state index contributed by atoms with van der Waals surface area (Å²) in [5.74, 6) is 0.312. The highest BCUT2D eigenvalue weighted by atomic mass is 16.5. The Hall–Kier alpha value is -3.66. The van der Waals surface area contributed by atoms with Crippen molar-refractivity contribution in [2.24, 2.45) is 0 Å². The normalized spacial score (nSPS) is 14.0. The molecule has 0 radical (unpaired) electrons. The van der Waals surface area contributed by atoms with Crippen LogP contribution in [0.1, 0.15) is 31.8 Å². The van der Waals surface area contributed by atoms with Gasteiger partial charge in [0.1, 0.15) is 11.5 Å². The molecule has 3 aromatic rings. The number of ether oxygens (including phenoxy) is 2. The number of aryl methyl sites for hydroxylation is 1. The van der Waals surface area contributed by atoms with Gasteiger partial charge in [0.05, 0.1) is 11.1 Å². The van der Waals surface area contributed by atoms with Crippen molar-refractivity contribution in [1.29, 1.82) is 0 Å². The number of ketones is 1. The fourth-order valence-corrected chi connectivity index (χ4v) is 2.79. The number of hydrogen-bond acceptors (Lipinski definition) is 4. The number of allylic oxidation sites excluding steroid dienone is 1. The fourth-order valence-electron chi connectivity index (χ4n) is 2.79. The first-order chi connectivity index (χ1) is 13.1. The van der Waals surface area contributed by atoms with Crippen LogP contribution < -0.4 is 9.47 Å². The zero-order chi connectivity index (χ0) is 18.8. The molecule has 1 aliphatic rings. The molecule has 0 saturated heterocycles. The highest BCUT2D eigenvalue weighted by Gasteiger charge is 2.28. The molecular weight excluding hydrogens is 340 g/mol. The van der Waals surface area contributed by atoms with Gasteiger partial charge in [0, 0.05) is 6.07 Å². The van der Waals surface area contributed by atoms with Crippen LogP contribution in [0.25, 0.3) is 6.08 Å². The van der Waals surface area contributed by atoms with Gasteiger partial charge in [0.15, 0.2) is 5.76 Å². The number of esters is 1. The van der Waals surface area contributed by atoms with Crippen LogP contribution in [0.3, 0.4) is 0 Å². The van der Waals surface area contributed by atoms with Crippen molar-refractivity contribution in [1.82, 2.24) is 0 Å². The Kier molecular flexibility index (Phi) is 4.30. The smallest absolute Gasteiger partial charge is 0.343 e. The first kappa shape index (κ1) is 16.8. The van der Waals surface area contributed by atoms with Crippen molar-refractivity contribution >= 4 is 17.8 Å². The second kappa shape index (κ2) is 6.92. The minimum atomic E-state index is -0.459. The van der Waals surface area contributed by atoms with E-state index in [9.17, 15) is 9.59 Å². The lowest BCUT2D eigenvalue weighted by molar-refractivity contribution is 0.0734. The van der Waals surface area contributed by atoms with Crippen molar-refractivity contribution < 1.29 is 19.1 Å². The van der Waals surface area contributed by atoms with E-state index in [-0.39, 0.29) is 11.5 Å². The highest BCUT2D eigenvalue weighted by molar-refractivity contribution is 6.14. The topological polar surface area (TPSA) is 52.6 Å². The quantitative estimate of drug-likeness (QED) is 0.383. The van der Waals surface area contributed by atoms with Crippen LogP contribution in [0.2, 0.25) is 0 Å². The van der Waals surface area contributed by atoms with Crippen molar-refractivity contribution in [3.05, 3.63) is 101 Å². The molecule has 0 atom stereocenters. The lowest BCUT2D eigenvalue weighted by Gasteiger charge is -2.06. The van der Waals surface area contributed by atoms with E-state index in [2.05, 4.69) is 0 Å². The molecule has 1 aliphatic heterocycles. The number of benzene rings is 3. The maximum atomic E-state index is 12.5. The molecule has 0 unspecified atom stereocenters. The van der Waals surface area contributed by atoms with Crippen molar-refractivity contribution in [2.45, 2.75) is 6.92 Å². The van der Waals surface area contributed by atoms with E-state index in [1.54, 1.807) is 36.4 Å². The van der Waals surface area contributed by atoms with E-state index in [0.29, 0.717) is 22.6 Å². The largest absolute Gasteiger partial charge is 0.452 e. The van der Waals surface area contributed by atoms with Gasteiger partial charge in [-0.1, -0.05) is 48.0 Å². The molecule has 4 rings (SSSR count). The first-order valence-corrected chi connectivity index (χ1v) is 8.52. The molecule has 0 N–H and O–H groups in total. The molecular formula is C23H16O4. The molecule has 0 spiro atoms. The van der Waals surface area contributed by atoms with E-state index in [4.69, 9.17) is 9.47 Å². The van der Waals surface area contributed by atoms with E-state index in [0.717, 1.165) is 11.1 Å². The molecule has 4 heteroatoms. The van der Waals surface area contributed by atoms with E-state index in [1.807, 2.05) is 49.4 Å². The molecule has 3 aromatic carbocycles. The lowest BCUT2D eigenvalue weighted by Crippen LogP contribution is -2.08. The third-order valence-corrected chi connectivity index (χ3v) is 4.24. The van der Waals surface area contributed by atoms with Crippen LogP contribution in [-0.4, -0.2) is 11.8 Å². The van der Waals surface area contributed by atoms with Crippen molar-refractivity contribution in [2.75, 3.05) is 0 Å². The third-order valence-electron chi connectivity index (χ3n) is 4.24. The average molecular weight is 356 g/mol. The lowest BCUT2D eigenvalue weighted by atomic mass is 10.1. The van der Waals surface area contributed by atoms with Gasteiger partial charge in [-0.05, 0) is 42.8 Å². The Morgan fingerprint density at radius 3 is 2.44 bits per heavy atom. The van der Waals surface area contributed by atoms with E-state index in [1.165, 1.54) is 0 Å². The monoisotopic (exact) mass is 356 g/mol. The van der Waals surface area contributed by atoms with Gasteiger partial charge < -0.3 is 9.47 Å². The number of rotatable bonds is 3. The molecule has 132 valence electrons.